The number of hydrogen-bond donors (Lipinski definition) is 5. The summed E-state index contributed by atoms with van der Waals surface area (Å²) in [5.74, 6) is -1.98. The Morgan fingerprint density at radius 3 is 2.38 bits per heavy atom. The molecule has 0 radical (unpaired) electrons. The summed E-state index contributed by atoms with van der Waals surface area (Å²) in [6.45, 7) is 9.58. The first kappa shape index (κ1) is 28.3. The van der Waals surface area contributed by atoms with Gasteiger partial charge in [0.15, 0.2) is 0 Å². The van der Waals surface area contributed by atoms with Gasteiger partial charge in [-0.05, 0) is 93.5 Å². The van der Waals surface area contributed by atoms with Gasteiger partial charge >= 0.3 is 11.9 Å². The van der Waals surface area contributed by atoms with Crippen LogP contribution in [0, 0.1) is 28.6 Å². The van der Waals surface area contributed by atoms with E-state index >= 15 is 0 Å². The van der Waals surface area contributed by atoms with Crippen molar-refractivity contribution in [2.24, 2.45) is 40.1 Å². The van der Waals surface area contributed by atoms with Crippen molar-refractivity contribution < 1.29 is 29.6 Å². The topological polar surface area (TPSA) is 156 Å². The number of nitrogens with two attached hydrogens (primary N) is 2. The molecule has 0 amide bonds. The van der Waals surface area contributed by atoms with Gasteiger partial charge in [-0.1, -0.05) is 25.5 Å². The van der Waals surface area contributed by atoms with Crippen molar-refractivity contribution in [3.05, 3.63) is 22.8 Å². The number of allylic oxidation sites excluding steroid dienone is 2. The first-order chi connectivity index (χ1) is 17.2. The van der Waals surface area contributed by atoms with Gasteiger partial charge in [-0.15, -0.1) is 0 Å². The summed E-state index contributed by atoms with van der Waals surface area (Å²) < 4.78 is 5.80. The normalized spacial score (nSPS) is 46.2. The summed E-state index contributed by atoms with van der Waals surface area (Å²) >= 11 is 0. The van der Waals surface area contributed by atoms with Gasteiger partial charge in [0.05, 0.1) is 12.2 Å². The van der Waals surface area contributed by atoms with E-state index in [-0.39, 0.29) is 34.8 Å². The maximum absolute atomic E-state index is 12.6. The van der Waals surface area contributed by atoms with Gasteiger partial charge in [-0.3, -0.25) is 4.79 Å². The Morgan fingerprint density at radius 1 is 1.11 bits per heavy atom. The van der Waals surface area contributed by atoms with E-state index in [1.165, 1.54) is 6.92 Å². The van der Waals surface area contributed by atoms with Gasteiger partial charge in [-0.25, -0.2) is 4.79 Å². The van der Waals surface area contributed by atoms with Gasteiger partial charge in [-0.2, -0.15) is 0 Å². The molecule has 4 aliphatic rings. The Kier molecular flexibility index (Phi) is 7.47. The summed E-state index contributed by atoms with van der Waals surface area (Å²) in [6, 6.07) is -0.359. The van der Waals surface area contributed by atoms with Crippen LogP contribution >= 0.6 is 0 Å². The van der Waals surface area contributed by atoms with Crippen molar-refractivity contribution in [2.45, 2.75) is 116 Å². The highest BCUT2D eigenvalue weighted by Gasteiger charge is 2.71. The van der Waals surface area contributed by atoms with Crippen LogP contribution in [0.1, 0.15) is 86.0 Å². The number of carboxylic acids is 1. The minimum atomic E-state index is -1.01. The van der Waals surface area contributed by atoms with Crippen molar-refractivity contribution in [3.8, 4) is 0 Å². The zero-order valence-corrected chi connectivity index (χ0v) is 23.0. The van der Waals surface area contributed by atoms with Crippen LogP contribution in [0.4, 0.5) is 0 Å². The summed E-state index contributed by atoms with van der Waals surface area (Å²) in [7, 11) is 0. The molecule has 0 saturated heterocycles. The van der Waals surface area contributed by atoms with E-state index in [0.717, 1.165) is 18.4 Å². The van der Waals surface area contributed by atoms with Crippen molar-refractivity contribution in [1.82, 2.24) is 0 Å². The molecule has 10 atom stereocenters. The van der Waals surface area contributed by atoms with Gasteiger partial charge in [0, 0.05) is 30.0 Å². The minimum absolute atomic E-state index is 0.0482. The van der Waals surface area contributed by atoms with Crippen molar-refractivity contribution in [3.63, 3.8) is 0 Å². The van der Waals surface area contributed by atoms with E-state index in [1.807, 2.05) is 19.9 Å². The van der Waals surface area contributed by atoms with E-state index < -0.39 is 41.2 Å². The molecular weight excluding hydrogens is 472 g/mol. The minimum Gasteiger partial charge on any atom is -0.478 e. The average molecular weight is 519 g/mol. The van der Waals surface area contributed by atoms with Crippen LogP contribution in [0.2, 0.25) is 0 Å². The summed E-state index contributed by atoms with van der Waals surface area (Å²) in [6.07, 6.45) is 4.37. The standard InChI is InChI=1S/C29H46N2O6/c1-15(2)7-6-8-17(26(35)36)23-19-13-21(34)25-27(4)11-10-20(33)24(30)18(27)9-12-29(25,31)28(19,5)14-22(23)37-16(3)32/h7,18-22,24-25,33-34H,6,8-14,30-31H2,1-5H3,(H,35,36)/b23-17-/t18-,19-,20+,21+,22-,24-,25-,27-,28-,29+/m0/s1. The number of carbonyl (C=O) groups is 2. The molecule has 4 aliphatic carbocycles. The van der Waals surface area contributed by atoms with Crippen LogP contribution in [0.3, 0.4) is 0 Å². The van der Waals surface area contributed by atoms with Crippen LogP contribution in [0.25, 0.3) is 0 Å². The zero-order valence-electron chi connectivity index (χ0n) is 23.0. The number of aliphatic hydroxyl groups excluding tert-OH is 2. The van der Waals surface area contributed by atoms with E-state index in [0.29, 0.717) is 44.1 Å². The highest BCUT2D eigenvalue weighted by molar-refractivity contribution is 5.88. The number of esters is 1. The molecule has 0 heterocycles. The Bertz CT molecular complexity index is 1000. The van der Waals surface area contributed by atoms with Crippen molar-refractivity contribution in [1.29, 1.82) is 0 Å². The molecule has 0 aromatic rings. The first-order valence-electron chi connectivity index (χ1n) is 13.8. The number of ether oxygens (including phenoxy) is 1. The summed E-state index contributed by atoms with van der Waals surface area (Å²) in [4.78, 5) is 24.7. The molecule has 208 valence electrons. The monoisotopic (exact) mass is 518 g/mol. The van der Waals surface area contributed by atoms with Crippen molar-refractivity contribution in [2.75, 3.05) is 0 Å². The SMILES string of the molecule is CC(=O)O[C@H]1C[C@@]2(C)[C@@H](C[C@@H](O)[C@H]3[C@@]4(C)CC[C@@H](O)[C@@H](N)[C@@H]4CC[C@@]32N)/C1=C(\CCC=C(C)C)C(=O)O. The van der Waals surface area contributed by atoms with Crippen LogP contribution in [0.5, 0.6) is 0 Å². The number of aliphatic hydroxyl groups is 2. The molecule has 7 N–H and O–H groups in total. The van der Waals surface area contributed by atoms with Gasteiger partial charge in [0.1, 0.15) is 6.10 Å². The molecule has 4 fully saturated rings. The van der Waals surface area contributed by atoms with E-state index in [2.05, 4.69) is 13.8 Å². The molecule has 0 aromatic heterocycles. The lowest BCUT2D eigenvalue weighted by molar-refractivity contribution is -0.193. The van der Waals surface area contributed by atoms with Crippen LogP contribution < -0.4 is 11.5 Å². The number of fused-ring (bicyclic) bond motifs is 5. The predicted octanol–water partition coefficient (Wildman–Crippen LogP) is 3.05. The Hall–Kier alpha value is -1.74. The van der Waals surface area contributed by atoms with Gasteiger partial charge < -0.3 is 31.5 Å². The molecule has 0 bridgehead atoms. The smallest absolute Gasteiger partial charge is 0.331 e. The average Bonchev–Trinajstić information content (AvgIpc) is 3.05. The molecule has 0 unspecified atom stereocenters. The highest BCUT2D eigenvalue weighted by Crippen LogP contribution is 2.69. The molecule has 8 heteroatoms. The van der Waals surface area contributed by atoms with Crippen LogP contribution in [0.15, 0.2) is 22.8 Å². The number of carboxylic acid groups (broad SMARTS) is 1. The lowest BCUT2D eigenvalue weighted by atomic mass is 9.39. The van der Waals surface area contributed by atoms with Gasteiger partial charge in [0.25, 0.3) is 0 Å². The molecule has 0 aromatic carbocycles. The second-order valence-corrected chi connectivity index (χ2v) is 13.0. The number of aliphatic carboxylic acids is 1. The highest BCUT2D eigenvalue weighted by atomic mass is 16.5. The fourth-order valence-corrected chi connectivity index (χ4v) is 9.09. The lowest BCUT2D eigenvalue weighted by Gasteiger charge is -2.68. The molecule has 4 rings (SSSR count). The largest absolute Gasteiger partial charge is 0.478 e. The maximum Gasteiger partial charge on any atom is 0.331 e. The fourth-order valence-electron chi connectivity index (χ4n) is 9.09. The number of carbonyl (C=O) groups excluding carboxylic acids is 1. The third-order valence-electron chi connectivity index (χ3n) is 10.8. The number of rotatable bonds is 5. The Balaban J connectivity index is 1.82. The molecule has 0 spiro atoms. The second kappa shape index (κ2) is 9.78. The third kappa shape index (κ3) is 4.38. The predicted molar refractivity (Wildman–Crippen MR) is 140 cm³/mol. The Morgan fingerprint density at radius 2 is 1.78 bits per heavy atom. The molecule has 0 aliphatic heterocycles. The van der Waals surface area contributed by atoms with Gasteiger partial charge in [0.2, 0.25) is 0 Å². The third-order valence-corrected chi connectivity index (χ3v) is 10.8. The van der Waals surface area contributed by atoms with Crippen molar-refractivity contribution >= 4 is 11.9 Å². The van der Waals surface area contributed by atoms with Crippen LogP contribution in [-0.4, -0.2) is 57.2 Å². The van der Waals surface area contributed by atoms with E-state index in [4.69, 9.17) is 16.2 Å². The van der Waals surface area contributed by atoms with E-state index in [9.17, 15) is 24.9 Å². The maximum atomic E-state index is 12.6. The first-order valence-corrected chi connectivity index (χ1v) is 13.8. The fraction of sp³-hybridized carbons (Fsp3) is 0.793. The van der Waals surface area contributed by atoms with E-state index in [1.54, 1.807) is 0 Å². The lowest BCUT2D eigenvalue weighted by Crippen LogP contribution is -2.75. The summed E-state index contributed by atoms with van der Waals surface area (Å²) in [5, 5.41) is 32.6. The second-order valence-electron chi connectivity index (χ2n) is 13.0. The molecule has 37 heavy (non-hydrogen) atoms. The zero-order chi connectivity index (χ0) is 27.5. The Labute approximate surface area is 220 Å². The summed E-state index contributed by atoms with van der Waals surface area (Å²) in [5.41, 5.74) is 14.2. The van der Waals surface area contributed by atoms with Crippen LogP contribution in [-0.2, 0) is 14.3 Å². The quantitative estimate of drug-likeness (QED) is 0.211. The number of hydrogen-bond acceptors (Lipinski definition) is 7. The molecule has 4 saturated carbocycles. The molecular formula is C29H46N2O6. The molecule has 8 nitrogen and oxygen atoms in total.